The van der Waals surface area contributed by atoms with Crippen molar-refractivity contribution < 1.29 is 17.9 Å². The molecule has 1 atom stereocenters. The topological polar surface area (TPSA) is 79.0 Å². The van der Waals surface area contributed by atoms with Crippen LogP contribution in [0.3, 0.4) is 0 Å². The number of piperidine rings is 1. The summed E-state index contributed by atoms with van der Waals surface area (Å²) in [7, 11) is -3.73. The summed E-state index contributed by atoms with van der Waals surface area (Å²) < 4.78 is 33.2. The quantitative estimate of drug-likeness (QED) is 0.769. The van der Waals surface area contributed by atoms with E-state index in [-0.39, 0.29) is 10.8 Å². The van der Waals surface area contributed by atoms with E-state index in [1.807, 2.05) is 31.2 Å². The lowest BCUT2D eigenvalue weighted by Crippen LogP contribution is -2.49. The lowest BCUT2D eigenvalue weighted by Gasteiger charge is -2.33. The number of carbonyl (C=O) groups is 1. The van der Waals surface area contributed by atoms with Crippen molar-refractivity contribution in [3.63, 3.8) is 0 Å². The normalized spacial score (nSPS) is 20.4. The summed E-state index contributed by atoms with van der Waals surface area (Å²) in [5, 5.41) is 2.92. The van der Waals surface area contributed by atoms with Crippen LogP contribution in [0.4, 0.5) is 11.4 Å². The monoisotopic (exact) mass is 443 g/mol. The van der Waals surface area contributed by atoms with Gasteiger partial charge in [-0.25, -0.2) is 8.42 Å². The van der Waals surface area contributed by atoms with Gasteiger partial charge < -0.3 is 15.0 Å². The van der Waals surface area contributed by atoms with Gasteiger partial charge in [0.1, 0.15) is 6.04 Å². The summed E-state index contributed by atoms with van der Waals surface area (Å²) in [6, 6.07) is 13.7. The molecular weight excluding hydrogens is 414 g/mol. The van der Waals surface area contributed by atoms with Crippen molar-refractivity contribution in [3.8, 4) is 0 Å². The van der Waals surface area contributed by atoms with Gasteiger partial charge in [0.25, 0.3) is 0 Å². The van der Waals surface area contributed by atoms with E-state index in [0.717, 1.165) is 37.2 Å². The summed E-state index contributed by atoms with van der Waals surface area (Å²) in [6.07, 6.45) is 2.10. The molecule has 2 aliphatic rings. The molecule has 2 aromatic rings. The molecule has 8 heteroatoms. The molecule has 0 spiro atoms. The van der Waals surface area contributed by atoms with E-state index in [2.05, 4.69) is 10.2 Å². The average Bonchev–Trinajstić information content (AvgIpc) is 2.80. The van der Waals surface area contributed by atoms with Crippen molar-refractivity contribution in [1.82, 2.24) is 4.31 Å². The molecule has 2 saturated heterocycles. The first kappa shape index (κ1) is 21.8. The summed E-state index contributed by atoms with van der Waals surface area (Å²) in [5.74, 6) is -0.283. The summed E-state index contributed by atoms with van der Waals surface area (Å²) >= 11 is 0. The minimum atomic E-state index is -3.73. The summed E-state index contributed by atoms with van der Waals surface area (Å²) in [6.45, 7) is 5.39. The van der Waals surface area contributed by atoms with Gasteiger partial charge >= 0.3 is 0 Å². The number of sulfonamides is 1. The Hall–Kier alpha value is -2.42. The summed E-state index contributed by atoms with van der Waals surface area (Å²) in [5.41, 5.74) is 2.75. The number of benzene rings is 2. The van der Waals surface area contributed by atoms with Crippen LogP contribution in [-0.2, 0) is 19.6 Å². The average molecular weight is 444 g/mol. The molecule has 1 amide bonds. The first-order valence-corrected chi connectivity index (χ1v) is 12.2. The third kappa shape index (κ3) is 4.92. The van der Waals surface area contributed by atoms with Crippen LogP contribution in [0.5, 0.6) is 0 Å². The molecule has 0 aliphatic carbocycles. The van der Waals surface area contributed by atoms with Gasteiger partial charge in [0, 0.05) is 31.0 Å². The molecule has 2 heterocycles. The van der Waals surface area contributed by atoms with Gasteiger partial charge in [0.2, 0.25) is 15.9 Å². The number of rotatable bonds is 5. The van der Waals surface area contributed by atoms with Gasteiger partial charge in [-0.3, -0.25) is 4.79 Å². The van der Waals surface area contributed by atoms with Gasteiger partial charge in [0.05, 0.1) is 18.1 Å². The van der Waals surface area contributed by atoms with Crippen LogP contribution >= 0.6 is 0 Å². The Morgan fingerprint density at radius 1 is 0.968 bits per heavy atom. The Balaban J connectivity index is 1.47. The van der Waals surface area contributed by atoms with E-state index < -0.39 is 16.1 Å². The largest absolute Gasteiger partial charge is 0.378 e. The van der Waals surface area contributed by atoms with Crippen LogP contribution in [0.2, 0.25) is 0 Å². The van der Waals surface area contributed by atoms with Gasteiger partial charge in [-0.1, -0.05) is 24.1 Å². The number of amides is 1. The minimum absolute atomic E-state index is 0.229. The highest BCUT2D eigenvalue weighted by atomic mass is 32.2. The van der Waals surface area contributed by atoms with E-state index in [0.29, 0.717) is 31.9 Å². The molecule has 7 nitrogen and oxygen atoms in total. The maximum atomic E-state index is 13.2. The van der Waals surface area contributed by atoms with Crippen molar-refractivity contribution in [2.75, 3.05) is 43.1 Å². The van der Waals surface area contributed by atoms with Crippen LogP contribution in [0.15, 0.2) is 53.4 Å². The van der Waals surface area contributed by atoms with Gasteiger partial charge in [-0.15, -0.1) is 0 Å². The number of hydrogen-bond donors (Lipinski definition) is 1. The second kappa shape index (κ2) is 9.38. The zero-order valence-corrected chi connectivity index (χ0v) is 18.6. The third-order valence-corrected chi connectivity index (χ3v) is 7.82. The molecule has 166 valence electrons. The first-order chi connectivity index (χ1) is 14.9. The van der Waals surface area contributed by atoms with Crippen molar-refractivity contribution in [1.29, 1.82) is 0 Å². The Morgan fingerprint density at radius 3 is 2.32 bits per heavy atom. The van der Waals surface area contributed by atoms with Crippen LogP contribution in [-0.4, -0.2) is 57.5 Å². The molecule has 0 aromatic heterocycles. The van der Waals surface area contributed by atoms with Crippen molar-refractivity contribution in [3.05, 3.63) is 54.1 Å². The molecule has 0 saturated carbocycles. The number of morpholine rings is 1. The van der Waals surface area contributed by atoms with Gasteiger partial charge in [-0.2, -0.15) is 4.31 Å². The highest BCUT2D eigenvalue weighted by Gasteiger charge is 2.37. The maximum Gasteiger partial charge on any atom is 0.243 e. The minimum Gasteiger partial charge on any atom is -0.378 e. The number of nitrogens with zero attached hydrogens (tertiary/aromatic N) is 2. The summed E-state index contributed by atoms with van der Waals surface area (Å²) in [4.78, 5) is 15.5. The second-order valence-electron chi connectivity index (χ2n) is 8.08. The second-order valence-corrected chi connectivity index (χ2v) is 9.97. The van der Waals surface area contributed by atoms with E-state index in [9.17, 15) is 13.2 Å². The predicted molar refractivity (Wildman–Crippen MR) is 121 cm³/mol. The molecule has 0 bridgehead atoms. The Labute approximate surface area is 184 Å². The fraction of sp³-hybridized carbons (Fsp3) is 0.435. The molecule has 0 unspecified atom stereocenters. The molecule has 4 rings (SSSR count). The highest BCUT2D eigenvalue weighted by Crippen LogP contribution is 2.27. The lowest BCUT2D eigenvalue weighted by molar-refractivity contribution is -0.120. The molecule has 1 N–H and O–H groups in total. The van der Waals surface area contributed by atoms with E-state index in [1.165, 1.54) is 4.31 Å². The smallest absolute Gasteiger partial charge is 0.243 e. The Bertz CT molecular complexity index is 1000. The number of ether oxygens (including phenoxy) is 1. The predicted octanol–water partition coefficient (Wildman–Crippen LogP) is 3.01. The fourth-order valence-corrected chi connectivity index (χ4v) is 5.76. The maximum absolute atomic E-state index is 13.2. The number of carbonyl (C=O) groups excluding carboxylic acids is 1. The first-order valence-electron chi connectivity index (χ1n) is 10.8. The zero-order valence-electron chi connectivity index (χ0n) is 17.8. The van der Waals surface area contributed by atoms with Crippen LogP contribution in [0.1, 0.15) is 24.8 Å². The molecule has 2 aromatic carbocycles. The van der Waals surface area contributed by atoms with E-state index in [4.69, 9.17) is 4.74 Å². The zero-order chi connectivity index (χ0) is 21.8. The van der Waals surface area contributed by atoms with E-state index in [1.54, 1.807) is 24.3 Å². The lowest BCUT2D eigenvalue weighted by atomic mass is 10.0. The van der Waals surface area contributed by atoms with E-state index >= 15 is 0 Å². The third-order valence-electron chi connectivity index (χ3n) is 5.89. The van der Waals surface area contributed by atoms with Gasteiger partial charge in [0.15, 0.2) is 0 Å². The number of aryl methyl sites for hydroxylation is 1. The van der Waals surface area contributed by atoms with Crippen molar-refractivity contribution >= 4 is 27.3 Å². The molecule has 2 aliphatic heterocycles. The van der Waals surface area contributed by atoms with Gasteiger partial charge in [-0.05, 0) is 56.2 Å². The molecule has 2 fully saturated rings. The number of hydrogen-bond acceptors (Lipinski definition) is 5. The van der Waals surface area contributed by atoms with Crippen LogP contribution in [0, 0.1) is 6.92 Å². The molecule has 0 radical (unpaired) electrons. The fourth-order valence-electron chi connectivity index (χ4n) is 4.10. The Morgan fingerprint density at radius 2 is 1.65 bits per heavy atom. The highest BCUT2D eigenvalue weighted by molar-refractivity contribution is 7.89. The molecular formula is C23H29N3O4S. The number of anilines is 2. The SMILES string of the molecule is Cc1ccc(S(=O)(=O)N2CCCC[C@@H]2C(=O)Nc2ccc(N3CCOCC3)cc2)cc1. The number of nitrogens with one attached hydrogen (secondary N) is 1. The van der Waals surface area contributed by atoms with Crippen LogP contribution in [0.25, 0.3) is 0 Å². The standard InChI is InChI=1S/C23H29N3O4S/c1-18-5-11-21(12-6-18)31(28,29)26-13-3-2-4-22(26)23(27)24-19-7-9-20(10-8-19)25-14-16-30-17-15-25/h5-12,22H,2-4,13-17H2,1H3,(H,24,27)/t22-/m1/s1. The van der Waals surface area contributed by atoms with Crippen molar-refractivity contribution in [2.24, 2.45) is 0 Å². The molecule has 31 heavy (non-hydrogen) atoms. The van der Waals surface area contributed by atoms with Crippen molar-refractivity contribution in [2.45, 2.75) is 37.1 Å². The van der Waals surface area contributed by atoms with Crippen LogP contribution < -0.4 is 10.2 Å². The Kier molecular flexibility index (Phi) is 6.60.